The number of rotatable bonds is 6. The van der Waals surface area contributed by atoms with Gasteiger partial charge in [0.05, 0.1) is 0 Å². The molecule has 0 saturated heterocycles. The van der Waals surface area contributed by atoms with Gasteiger partial charge in [-0.05, 0) is 0 Å². The molecule has 0 saturated carbocycles. The second-order valence-electron chi connectivity index (χ2n) is 6.54. The van der Waals surface area contributed by atoms with E-state index in [-0.39, 0.29) is 0 Å². The number of anilines is 1. The van der Waals surface area contributed by atoms with Crippen LogP contribution in [0.25, 0.3) is 0 Å². The van der Waals surface area contributed by atoms with Crippen LogP contribution in [-0.4, -0.2) is 4.89 Å². The van der Waals surface area contributed by atoms with E-state index < -0.39 is 7.21 Å². The third kappa shape index (κ3) is 3.38. The third-order valence-electron chi connectivity index (χ3n) is 4.61. The van der Waals surface area contributed by atoms with Gasteiger partial charge in [-0.25, -0.2) is 0 Å². The summed E-state index contributed by atoms with van der Waals surface area (Å²) >= 11 is 0. The van der Waals surface area contributed by atoms with Gasteiger partial charge >= 0.3 is 165 Å². The van der Waals surface area contributed by atoms with Crippen LogP contribution < -0.4 is 20.2 Å². The first-order valence-corrected chi connectivity index (χ1v) is 11.3. The molecule has 2 N–H and O–H groups in total. The third-order valence-corrected chi connectivity index (χ3v) is 8.36. The number of hydrogen-bond acceptors (Lipinski definition) is 3. The Kier molecular flexibility index (Phi) is 4.87. The molecular weight excluding hydrogens is 365 g/mol. The van der Waals surface area contributed by atoms with Crippen molar-refractivity contribution in [3.05, 3.63) is 121 Å². The van der Waals surface area contributed by atoms with Crippen LogP contribution in [0, 0.1) is 0 Å². The molecule has 140 valence electrons. The van der Waals surface area contributed by atoms with E-state index in [1.165, 1.54) is 0 Å². The molecular formula is C24H22NO2P. The molecule has 0 aliphatic heterocycles. The minimum absolute atomic E-state index is 0.596. The maximum absolute atomic E-state index is 12.6. The van der Waals surface area contributed by atoms with Crippen LogP contribution in [0.1, 0.15) is 0 Å². The predicted octanol–water partition coefficient (Wildman–Crippen LogP) is 5.12. The molecule has 0 bridgehead atoms. The first kappa shape index (κ1) is 18.2. The summed E-state index contributed by atoms with van der Waals surface area (Å²) in [4.78, 5) is 12.6. The van der Waals surface area contributed by atoms with Gasteiger partial charge in [-0.2, -0.15) is 0 Å². The van der Waals surface area contributed by atoms with Gasteiger partial charge in [0.25, 0.3) is 0 Å². The first-order valence-electron chi connectivity index (χ1n) is 9.15. The zero-order valence-corrected chi connectivity index (χ0v) is 16.2. The van der Waals surface area contributed by atoms with E-state index in [9.17, 15) is 4.89 Å². The van der Waals surface area contributed by atoms with Crippen LogP contribution >= 0.6 is 7.21 Å². The second-order valence-corrected chi connectivity index (χ2v) is 9.97. The molecule has 4 heteroatoms. The predicted molar refractivity (Wildman–Crippen MR) is 118 cm³/mol. The Balaban J connectivity index is 1.99. The fourth-order valence-electron chi connectivity index (χ4n) is 3.25. The molecule has 0 atom stereocenters. The molecule has 0 fully saturated rings. The maximum atomic E-state index is 12.6. The Bertz CT molecular complexity index is 940. The van der Waals surface area contributed by atoms with Crippen molar-refractivity contribution in [3.8, 4) is 5.75 Å². The van der Waals surface area contributed by atoms with Crippen LogP contribution in [0.4, 0.5) is 5.69 Å². The summed E-state index contributed by atoms with van der Waals surface area (Å²) < 4.78 is 6.54. The van der Waals surface area contributed by atoms with Crippen molar-refractivity contribution in [1.82, 2.24) is 0 Å². The molecule has 3 nitrogen and oxygen atoms in total. The molecule has 28 heavy (non-hydrogen) atoms. The Morgan fingerprint density at radius 3 is 1.39 bits per heavy atom. The Hall–Kier alpha value is -3.13. The summed E-state index contributed by atoms with van der Waals surface area (Å²) in [5.41, 5.74) is 0.784. The molecule has 4 rings (SSSR count). The van der Waals surface area contributed by atoms with Crippen molar-refractivity contribution < 1.29 is 9.42 Å². The van der Waals surface area contributed by atoms with Crippen LogP contribution in [0.5, 0.6) is 5.75 Å². The van der Waals surface area contributed by atoms with Crippen LogP contribution in [0.15, 0.2) is 121 Å². The quantitative estimate of drug-likeness (QED) is 0.451. The fraction of sp³-hybridized carbons (Fsp3) is 0. The second kappa shape index (κ2) is 7.47. The molecule has 0 aliphatic rings. The van der Waals surface area contributed by atoms with Crippen molar-refractivity contribution in [1.29, 1.82) is 0 Å². The summed E-state index contributed by atoms with van der Waals surface area (Å²) in [5.74, 6) is 0.596. The molecule has 0 heterocycles. The average Bonchev–Trinajstić information content (AvgIpc) is 2.76. The minimum atomic E-state index is -4.29. The first-order chi connectivity index (χ1) is 13.7. The molecule has 4 aromatic rings. The van der Waals surface area contributed by atoms with E-state index in [4.69, 9.17) is 4.52 Å². The average molecular weight is 387 g/mol. The van der Waals surface area contributed by atoms with Crippen molar-refractivity contribution in [2.45, 2.75) is 0 Å². The van der Waals surface area contributed by atoms with Crippen LogP contribution in [0.2, 0.25) is 0 Å². The van der Waals surface area contributed by atoms with Gasteiger partial charge in [0.2, 0.25) is 0 Å². The Labute approximate surface area is 165 Å². The summed E-state index contributed by atoms with van der Waals surface area (Å²) in [6.45, 7) is 0. The van der Waals surface area contributed by atoms with Gasteiger partial charge in [-0.1, -0.05) is 0 Å². The number of hydrogen-bond donors (Lipinski definition) is 2. The Morgan fingerprint density at radius 2 is 0.929 bits per heavy atom. The van der Waals surface area contributed by atoms with Crippen LogP contribution in [0.3, 0.4) is 0 Å². The molecule has 0 amide bonds. The molecule has 0 spiro atoms. The van der Waals surface area contributed by atoms with Gasteiger partial charge in [-0.3, -0.25) is 0 Å². The monoisotopic (exact) mass is 387 g/mol. The standard InChI is InChI=1S/C24H22NO2P/c26-28(23-17-9-3-10-18-23,24-19-11-4-12-20-24,25-21-13-5-1-6-14-21)27-22-15-7-2-8-16-22/h1-20,25-26H. The molecule has 0 radical (unpaired) electrons. The number of nitrogens with one attached hydrogen (secondary N) is 1. The number of benzene rings is 4. The van der Waals surface area contributed by atoms with Crippen molar-refractivity contribution in [2.75, 3.05) is 5.09 Å². The van der Waals surface area contributed by atoms with Gasteiger partial charge in [0.15, 0.2) is 0 Å². The summed E-state index contributed by atoms with van der Waals surface area (Å²) in [7, 11) is -4.29. The zero-order chi connectivity index (χ0) is 19.3. The van der Waals surface area contributed by atoms with E-state index in [1.54, 1.807) is 0 Å². The summed E-state index contributed by atoms with van der Waals surface area (Å²) in [6.07, 6.45) is 0. The van der Waals surface area contributed by atoms with Crippen molar-refractivity contribution >= 4 is 23.5 Å². The number of para-hydroxylation sites is 2. The van der Waals surface area contributed by atoms with Crippen LogP contribution in [-0.2, 0) is 0 Å². The molecule has 4 aromatic carbocycles. The topological polar surface area (TPSA) is 41.5 Å². The summed E-state index contributed by atoms with van der Waals surface area (Å²) in [5, 5.41) is 4.82. The van der Waals surface area contributed by atoms with Crippen molar-refractivity contribution in [2.24, 2.45) is 0 Å². The Morgan fingerprint density at radius 1 is 0.536 bits per heavy atom. The van der Waals surface area contributed by atoms with E-state index in [0.717, 1.165) is 5.69 Å². The zero-order valence-electron chi connectivity index (χ0n) is 15.3. The fourth-order valence-corrected chi connectivity index (χ4v) is 6.68. The molecule has 0 aromatic heterocycles. The van der Waals surface area contributed by atoms with Gasteiger partial charge < -0.3 is 0 Å². The van der Waals surface area contributed by atoms with E-state index in [2.05, 4.69) is 5.09 Å². The SMILES string of the molecule is OP(Nc1ccccc1)(Oc1ccccc1)(c1ccccc1)c1ccccc1. The van der Waals surface area contributed by atoms with Crippen molar-refractivity contribution in [3.63, 3.8) is 0 Å². The summed E-state index contributed by atoms with van der Waals surface area (Å²) in [6, 6.07) is 38.2. The van der Waals surface area contributed by atoms with Gasteiger partial charge in [-0.15, -0.1) is 0 Å². The van der Waals surface area contributed by atoms with E-state index >= 15 is 0 Å². The molecule has 0 unspecified atom stereocenters. The van der Waals surface area contributed by atoms with Gasteiger partial charge in [0, 0.05) is 0 Å². The normalized spacial score (nSPS) is 12.5. The van der Waals surface area contributed by atoms with E-state index in [1.807, 2.05) is 121 Å². The van der Waals surface area contributed by atoms with Gasteiger partial charge in [0.1, 0.15) is 0 Å². The molecule has 0 aliphatic carbocycles. The van der Waals surface area contributed by atoms with E-state index in [0.29, 0.717) is 16.4 Å².